The molecule has 1 aromatic carbocycles. The van der Waals surface area contributed by atoms with E-state index >= 15 is 0 Å². The van der Waals surface area contributed by atoms with E-state index in [2.05, 4.69) is 34.3 Å². The molecule has 0 saturated heterocycles. The zero-order chi connectivity index (χ0) is 17.5. The molecule has 0 bridgehead atoms. The molecule has 0 saturated carbocycles. The summed E-state index contributed by atoms with van der Waals surface area (Å²) in [5.41, 5.74) is 8.91. The summed E-state index contributed by atoms with van der Waals surface area (Å²) in [5.74, 6) is 1.38. The second kappa shape index (κ2) is 8.26. The SMILES string of the molecule is C[C@@H](NCc1ccnc(N)c1)c1cccc(OCc2ccccn2)c1. The van der Waals surface area contributed by atoms with Gasteiger partial charge < -0.3 is 15.8 Å². The Labute approximate surface area is 147 Å². The molecule has 0 spiro atoms. The van der Waals surface area contributed by atoms with Crippen molar-refractivity contribution in [3.8, 4) is 5.75 Å². The van der Waals surface area contributed by atoms with Gasteiger partial charge in [0.25, 0.3) is 0 Å². The van der Waals surface area contributed by atoms with Gasteiger partial charge in [0.1, 0.15) is 18.2 Å². The first-order valence-corrected chi connectivity index (χ1v) is 8.27. The Bertz CT molecular complexity index is 808. The van der Waals surface area contributed by atoms with Crippen molar-refractivity contribution in [3.05, 3.63) is 83.8 Å². The van der Waals surface area contributed by atoms with Crippen molar-refractivity contribution in [1.82, 2.24) is 15.3 Å². The summed E-state index contributed by atoms with van der Waals surface area (Å²) in [6.07, 6.45) is 3.50. The fraction of sp³-hybridized carbons (Fsp3) is 0.200. The average Bonchev–Trinajstić information content (AvgIpc) is 2.65. The number of pyridine rings is 2. The van der Waals surface area contributed by atoms with Gasteiger partial charge in [0.05, 0.1) is 5.69 Å². The van der Waals surface area contributed by atoms with E-state index in [1.165, 1.54) is 5.56 Å². The van der Waals surface area contributed by atoms with Gasteiger partial charge in [-0.3, -0.25) is 4.98 Å². The number of hydrogen-bond acceptors (Lipinski definition) is 5. The normalized spacial score (nSPS) is 11.9. The molecule has 128 valence electrons. The summed E-state index contributed by atoms with van der Waals surface area (Å²) in [5, 5.41) is 3.49. The highest BCUT2D eigenvalue weighted by molar-refractivity contribution is 5.33. The molecule has 0 aliphatic rings. The maximum absolute atomic E-state index is 5.85. The van der Waals surface area contributed by atoms with Crippen LogP contribution in [-0.2, 0) is 13.2 Å². The number of rotatable bonds is 7. The lowest BCUT2D eigenvalue weighted by molar-refractivity contribution is 0.300. The smallest absolute Gasteiger partial charge is 0.130 e. The van der Waals surface area contributed by atoms with Crippen LogP contribution in [-0.4, -0.2) is 9.97 Å². The lowest BCUT2D eigenvalue weighted by Gasteiger charge is -2.16. The van der Waals surface area contributed by atoms with Crippen molar-refractivity contribution in [2.24, 2.45) is 0 Å². The van der Waals surface area contributed by atoms with Gasteiger partial charge >= 0.3 is 0 Å². The van der Waals surface area contributed by atoms with Crippen LogP contribution in [0.15, 0.2) is 67.0 Å². The average molecular weight is 334 g/mol. The Kier molecular flexibility index (Phi) is 5.59. The van der Waals surface area contributed by atoms with Gasteiger partial charge in [-0.15, -0.1) is 0 Å². The van der Waals surface area contributed by atoms with Gasteiger partial charge in [-0.25, -0.2) is 4.98 Å². The number of aromatic nitrogens is 2. The third-order valence-corrected chi connectivity index (χ3v) is 3.93. The monoisotopic (exact) mass is 334 g/mol. The number of hydrogen-bond donors (Lipinski definition) is 2. The number of benzene rings is 1. The predicted octanol–water partition coefficient (Wildman–Crippen LogP) is 3.49. The zero-order valence-electron chi connectivity index (χ0n) is 14.2. The molecule has 0 aliphatic carbocycles. The highest BCUT2D eigenvalue weighted by Gasteiger charge is 2.07. The first kappa shape index (κ1) is 16.9. The molecule has 0 unspecified atom stereocenters. The molecule has 5 heteroatoms. The van der Waals surface area contributed by atoms with E-state index in [1.54, 1.807) is 12.4 Å². The number of nitrogens with one attached hydrogen (secondary N) is 1. The number of anilines is 1. The zero-order valence-corrected chi connectivity index (χ0v) is 14.2. The highest BCUT2D eigenvalue weighted by atomic mass is 16.5. The van der Waals surface area contributed by atoms with Crippen molar-refractivity contribution in [1.29, 1.82) is 0 Å². The largest absolute Gasteiger partial charge is 0.487 e. The highest BCUT2D eigenvalue weighted by Crippen LogP contribution is 2.20. The Morgan fingerprint density at radius 1 is 1.04 bits per heavy atom. The molecule has 0 aliphatic heterocycles. The van der Waals surface area contributed by atoms with E-state index in [-0.39, 0.29) is 6.04 Å². The molecule has 3 aromatic rings. The quantitative estimate of drug-likeness (QED) is 0.692. The number of nitrogens with two attached hydrogens (primary N) is 1. The maximum Gasteiger partial charge on any atom is 0.130 e. The van der Waals surface area contributed by atoms with Crippen LogP contribution in [0.1, 0.15) is 29.8 Å². The molecular formula is C20H22N4O. The molecule has 2 aromatic heterocycles. The van der Waals surface area contributed by atoms with E-state index in [0.29, 0.717) is 12.4 Å². The van der Waals surface area contributed by atoms with Crippen molar-refractivity contribution >= 4 is 5.82 Å². The van der Waals surface area contributed by atoms with Crippen LogP contribution in [0, 0.1) is 0 Å². The first-order valence-electron chi connectivity index (χ1n) is 8.27. The molecule has 1 atom stereocenters. The van der Waals surface area contributed by atoms with Crippen LogP contribution in [0.4, 0.5) is 5.82 Å². The fourth-order valence-corrected chi connectivity index (χ4v) is 2.51. The Hall–Kier alpha value is -2.92. The second-order valence-electron chi connectivity index (χ2n) is 5.87. The van der Waals surface area contributed by atoms with Gasteiger partial charge in [0, 0.05) is 25.0 Å². The van der Waals surface area contributed by atoms with Crippen LogP contribution < -0.4 is 15.8 Å². The summed E-state index contributed by atoms with van der Waals surface area (Å²) in [4.78, 5) is 8.28. The molecule has 0 radical (unpaired) electrons. The van der Waals surface area contributed by atoms with Crippen LogP contribution in [0.5, 0.6) is 5.75 Å². The van der Waals surface area contributed by atoms with Gasteiger partial charge in [-0.05, 0) is 54.4 Å². The molecule has 2 heterocycles. The lowest BCUT2D eigenvalue weighted by Crippen LogP contribution is -2.18. The van der Waals surface area contributed by atoms with Crippen LogP contribution >= 0.6 is 0 Å². The summed E-state index contributed by atoms with van der Waals surface area (Å²) < 4.78 is 5.85. The van der Waals surface area contributed by atoms with E-state index < -0.39 is 0 Å². The van der Waals surface area contributed by atoms with Crippen molar-refractivity contribution in [3.63, 3.8) is 0 Å². The third-order valence-electron chi connectivity index (χ3n) is 3.93. The molecule has 0 fully saturated rings. The summed E-state index contributed by atoms with van der Waals surface area (Å²) in [7, 11) is 0. The van der Waals surface area contributed by atoms with E-state index in [1.807, 2.05) is 42.5 Å². The van der Waals surface area contributed by atoms with E-state index in [4.69, 9.17) is 10.5 Å². The van der Waals surface area contributed by atoms with Gasteiger partial charge in [-0.2, -0.15) is 0 Å². The minimum Gasteiger partial charge on any atom is -0.487 e. The molecule has 3 rings (SSSR count). The second-order valence-corrected chi connectivity index (χ2v) is 5.87. The Morgan fingerprint density at radius 2 is 1.96 bits per heavy atom. The van der Waals surface area contributed by atoms with E-state index in [9.17, 15) is 0 Å². The van der Waals surface area contributed by atoms with E-state index in [0.717, 1.165) is 23.6 Å². The first-order chi connectivity index (χ1) is 12.2. The van der Waals surface area contributed by atoms with Crippen LogP contribution in [0.3, 0.4) is 0 Å². The van der Waals surface area contributed by atoms with Crippen LogP contribution in [0.2, 0.25) is 0 Å². The Balaban J connectivity index is 1.58. The van der Waals surface area contributed by atoms with Crippen molar-refractivity contribution in [2.45, 2.75) is 26.1 Å². The summed E-state index contributed by atoms with van der Waals surface area (Å²) >= 11 is 0. The predicted molar refractivity (Wildman–Crippen MR) is 98.9 cm³/mol. The third kappa shape index (κ3) is 5.02. The van der Waals surface area contributed by atoms with Crippen molar-refractivity contribution in [2.75, 3.05) is 5.73 Å². The minimum atomic E-state index is 0.188. The standard InChI is InChI=1S/C20H22N4O/c1-15(24-13-16-8-10-23-20(21)11-16)17-5-4-7-19(12-17)25-14-18-6-2-3-9-22-18/h2-12,15,24H,13-14H2,1H3,(H2,21,23)/t15-/m1/s1. The van der Waals surface area contributed by atoms with Gasteiger partial charge in [0.15, 0.2) is 0 Å². The molecule has 25 heavy (non-hydrogen) atoms. The van der Waals surface area contributed by atoms with Gasteiger partial charge in [0.2, 0.25) is 0 Å². The summed E-state index contributed by atoms with van der Waals surface area (Å²) in [6.45, 7) is 3.32. The topological polar surface area (TPSA) is 73.1 Å². The molecule has 5 nitrogen and oxygen atoms in total. The fourth-order valence-electron chi connectivity index (χ4n) is 2.51. The minimum absolute atomic E-state index is 0.188. The number of nitrogen functional groups attached to an aromatic ring is 1. The van der Waals surface area contributed by atoms with Crippen molar-refractivity contribution < 1.29 is 4.74 Å². The number of ether oxygens (including phenoxy) is 1. The maximum atomic E-state index is 5.85. The lowest BCUT2D eigenvalue weighted by atomic mass is 10.1. The molecule has 0 amide bonds. The van der Waals surface area contributed by atoms with Gasteiger partial charge in [-0.1, -0.05) is 18.2 Å². The number of nitrogens with zero attached hydrogens (tertiary/aromatic N) is 2. The van der Waals surface area contributed by atoms with Crippen LogP contribution in [0.25, 0.3) is 0 Å². The Morgan fingerprint density at radius 3 is 2.76 bits per heavy atom. The molecule has 3 N–H and O–H groups in total. The summed E-state index contributed by atoms with van der Waals surface area (Å²) in [6, 6.07) is 18.0. The molecular weight excluding hydrogens is 312 g/mol.